The van der Waals surface area contributed by atoms with Crippen molar-refractivity contribution in [2.75, 3.05) is 24.6 Å². The fourth-order valence-electron chi connectivity index (χ4n) is 3.08. The van der Waals surface area contributed by atoms with Gasteiger partial charge in [0.1, 0.15) is 6.61 Å². The summed E-state index contributed by atoms with van der Waals surface area (Å²) < 4.78 is 5.09. The second-order valence-corrected chi connectivity index (χ2v) is 6.43. The summed E-state index contributed by atoms with van der Waals surface area (Å²) in [5.41, 5.74) is 2.33. The molecule has 1 atom stereocenters. The van der Waals surface area contributed by atoms with E-state index in [0.29, 0.717) is 6.61 Å². The van der Waals surface area contributed by atoms with E-state index in [4.69, 9.17) is 4.74 Å². The number of carbonyl (C=O) groups is 1. The molecule has 0 spiro atoms. The fourth-order valence-corrected chi connectivity index (χ4v) is 3.08. The van der Waals surface area contributed by atoms with Gasteiger partial charge in [-0.25, -0.2) is 4.79 Å². The van der Waals surface area contributed by atoms with Crippen LogP contribution in [0, 0.1) is 5.41 Å². The maximum atomic E-state index is 11.5. The Morgan fingerprint density at radius 1 is 1.20 bits per heavy atom. The molecule has 2 heterocycles. The molecule has 0 saturated carbocycles. The van der Waals surface area contributed by atoms with Gasteiger partial charge >= 0.3 is 6.09 Å². The fraction of sp³-hybridized carbons (Fsp3) is 0.562. The highest BCUT2D eigenvalue weighted by atomic mass is 16.6. The van der Waals surface area contributed by atoms with Crippen molar-refractivity contribution in [3.63, 3.8) is 0 Å². The molecule has 4 nitrogen and oxygen atoms in total. The molecular weight excluding hydrogens is 252 g/mol. The van der Waals surface area contributed by atoms with Crippen LogP contribution in [0.2, 0.25) is 0 Å². The van der Waals surface area contributed by atoms with Gasteiger partial charge in [0.05, 0.1) is 6.04 Å². The zero-order valence-corrected chi connectivity index (χ0v) is 12.2. The molecule has 0 aromatic heterocycles. The van der Waals surface area contributed by atoms with Crippen molar-refractivity contribution in [2.24, 2.45) is 5.41 Å². The average Bonchev–Trinajstić information content (AvgIpc) is 2.96. The molecule has 20 heavy (non-hydrogen) atoms. The van der Waals surface area contributed by atoms with E-state index in [-0.39, 0.29) is 17.6 Å². The maximum absolute atomic E-state index is 11.5. The van der Waals surface area contributed by atoms with Gasteiger partial charge in [0.15, 0.2) is 0 Å². The van der Waals surface area contributed by atoms with Crippen molar-refractivity contribution >= 4 is 11.8 Å². The van der Waals surface area contributed by atoms with Crippen molar-refractivity contribution in [3.8, 4) is 0 Å². The van der Waals surface area contributed by atoms with Gasteiger partial charge in [-0.1, -0.05) is 26.0 Å². The lowest BCUT2D eigenvalue weighted by Gasteiger charge is -2.38. The molecule has 108 valence electrons. The van der Waals surface area contributed by atoms with Gasteiger partial charge in [0.25, 0.3) is 0 Å². The second-order valence-electron chi connectivity index (χ2n) is 6.43. The quantitative estimate of drug-likeness (QED) is 0.901. The first-order valence-electron chi connectivity index (χ1n) is 7.34. The zero-order valence-electron chi connectivity index (χ0n) is 12.2. The number of amides is 1. The molecule has 0 bridgehead atoms. The van der Waals surface area contributed by atoms with Crippen molar-refractivity contribution in [1.82, 2.24) is 5.32 Å². The summed E-state index contributed by atoms with van der Waals surface area (Å²) in [5.74, 6) is 0. The van der Waals surface area contributed by atoms with Crippen molar-refractivity contribution in [3.05, 3.63) is 29.8 Å². The van der Waals surface area contributed by atoms with E-state index in [1.165, 1.54) is 18.5 Å². The summed E-state index contributed by atoms with van der Waals surface area (Å²) in [7, 11) is 0. The molecule has 0 unspecified atom stereocenters. The van der Waals surface area contributed by atoms with Gasteiger partial charge in [-0.05, 0) is 30.5 Å². The number of alkyl carbamates (subject to hydrolysis) is 1. The van der Waals surface area contributed by atoms with E-state index >= 15 is 0 Å². The molecule has 2 aliphatic rings. The van der Waals surface area contributed by atoms with Crippen LogP contribution in [0.25, 0.3) is 0 Å². The molecule has 1 aromatic carbocycles. The number of benzene rings is 1. The number of nitrogens with zero attached hydrogens (tertiary/aromatic N) is 1. The Kier molecular flexibility index (Phi) is 3.32. The lowest BCUT2D eigenvalue weighted by atomic mass is 9.80. The standard InChI is InChI=1S/C16H22N2O2/c1-16(2)11-20-15(19)17-14(16)12-5-7-13(8-6-12)18-9-3-4-10-18/h5-8,14H,3-4,9-11H2,1-2H3,(H,17,19)/t14-/m0/s1. The summed E-state index contributed by atoms with van der Waals surface area (Å²) >= 11 is 0. The third-order valence-corrected chi connectivity index (χ3v) is 4.32. The van der Waals surface area contributed by atoms with Crippen LogP contribution in [0.1, 0.15) is 38.3 Å². The normalized spacial score (nSPS) is 25.2. The van der Waals surface area contributed by atoms with Gasteiger partial charge in [0, 0.05) is 24.2 Å². The SMILES string of the molecule is CC1(C)COC(=O)N[C@H]1c1ccc(N2CCCC2)cc1. The largest absolute Gasteiger partial charge is 0.449 e. The van der Waals surface area contributed by atoms with Gasteiger partial charge in [0.2, 0.25) is 0 Å². The van der Waals surface area contributed by atoms with Crippen molar-refractivity contribution in [1.29, 1.82) is 0 Å². The first-order chi connectivity index (χ1) is 9.56. The lowest BCUT2D eigenvalue weighted by Crippen LogP contribution is -2.46. The molecule has 3 rings (SSSR count). The molecule has 2 fully saturated rings. The molecule has 1 aromatic rings. The minimum Gasteiger partial charge on any atom is -0.449 e. The molecule has 1 N–H and O–H groups in total. The highest BCUT2D eigenvalue weighted by Gasteiger charge is 2.37. The first-order valence-corrected chi connectivity index (χ1v) is 7.34. The number of ether oxygens (including phenoxy) is 1. The van der Waals surface area contributed by atoms with Crippen LogP contribution >= 0.6 is 0 Å². The van der Waals surface area contributed by atoms with Gasteiger partial charge in [-0.3, -0.25) is 0 Å². The van der Waals surface area contributed by atoms with Crippen LogP contribution < -0.4 is 10.2 Å². The van der Waals surface area contributed by atoms with Gasteiger partial charge in [-0.15, -0.1) is 0 Å². The van der Waals surface area contributed by atoms with E-state index in [0.717, 1.165) is 18.7 Å². The van der Waals surface area contributed by atoms with E-state index in [1.807, 2.05) is 0 Å². The van der Waals surface area contributed by atoms with Gasteiger partial charge < -0.3 is 15.0 Å². The number of hydrogen-bond donors (Lipinski definition) is 1. The number of hydrogen-bond acceptors (Lipinski definition) is 3. The van der Waals surface area contributed by atoms with Crippen LogP contribution in [0.5, 0.6) is 0 Å². The van der Waals surface area contributed by atoms with Crippen LogP contribution in [-0.2, 0) is 4.74 Å². The highest BCUT2D eigenvalue weighted by Crippen LogP contribution is 2.37. The van der Waals surface area contributed by atoms with E-state index in [1.54, 1.807) is 0 Å². The lowest BCUT2D eigenvalue weighted by molar-refractivity contribution is 0.0387. The van der Waals surface area contributed by atoms with Crippen LogP contribution in [0.4, 0.5) is 10.5 Å². The Morgan fingerprint density at radius 3 is 2.50 bits per heavy atom. The highest BCUT2D eigenvalue weighted by molar-refractivity contribution is 5.69. The summed E-state index contributed by atoms with van der Waals surface area (Å²) in [4.78, 5) is 13.9. The van der Waals surface area contributed by atoms with Crippen molar-refractivity contribution < 1.29 is 9.53 Å². The third kappa shape index (κ3) is 2.47. The monoisotopic (exact) mass is 274 g/mol. The summed E-state index contributed by atoms with van der Waals surface area (Å²) in [5, 5.41) is 2.94. The Balaban J connectivity index is 1.80. The van der Waals surface area contributed by atoms with Crippen LogP contribution in [-0.4, -0.2) is 25.8 Å². The smallest absolute Gasteiger partial charge is 0.407 e. The molecule has 0 radical (unpaired) electrons. The van der Waals surface area contributed by atoms with Gasteiger partial charge in [-0.2, -0.15) is 0 Å². The van der Waals surface area contributed by atoms with E-state index in [2.05, 4.69) is 48.3 Å². The minimum atomic E-state index is -0.321. The molecule has 1 amide bonds. The Bertz CT molecular complexity index is 490. The van der Waals surface area contributed by atoms with E-state index in [9.17, 15) is 4.79 Å². The predicted molar refractivity (Wildman–Crippen MR) is 78.9 cm³/mol. The Labute approximate surface area is 120 Å². The number of nitrogens with one attached hydrogen (secondary N) is 1. The average molecular weight is 274 g/mol. The Hall–Kier alpha value is -1.71. The second kappa shape index (κ2) is 5.00. The summed E-state index contributed by atoms with van der Waals surface area (Å²) in [6.45, 7) is 6.99. The minimum absolute atomic E-state index is 0.0105. The molecule has 2 saturated heterocycles. The number of cyclic esters (lactones) is 1. The first kappa shape index (κ1) is 13.3. The maximum Gasteiger partial charge on any atom is 0.407 e. The molecule has 0 aliphatic carbocycles. The predicted octanol–water partition coefficient (Wildman–Crippen LogP) is 3.09. The summed E-state index contributed by atoms with van der Waals surface area (Å²) in [6.07, 6.45) is 2.24. The van der Waals surface area contributed by atoms with Crippen LogP contribution in [0.3, 0.4) is 0 Å². The topological polar surface area (TPSA) is 41.6 Å². The van der Waals surface area contributed by atoms with Crippen LogP contribution in [0.15, 0.2) is 24.3 Å². The number of anilines is 1. The summed E-state index contributed by atoms with van der Waals surface area (Å²) in [6, 6.07) is 8.60. The Morgan fingerprint density at radius 2 is 1.85 bits per heavy atom. The molecule has 4 heteroatoms. The number of rotatable bonds is 2. The number of carbonyl (C=O) groups excluding carboxylic acids is 1. The zero-order chi connectivity index (χ0) is 14.2. The molecular formula is C16H22N2O2. The third-order valence-electron chi connectivity index (χ3n) is 4.32. The molecule has 2 aliphatic heterocycles. The van der Waals surface area contributed by atoms with E-state index < -0.39 is 0 Å². The van der Waals surface area contributed by atoms with Crippen molar-refractivity contribution in [2.45, 2.75) is 32.7 Å².